The Labute approximate surface area is 37.7 Å². The summed E-state index contributed by atoms with van der Waals surface area (Å²) in [4.78, 5) is 9.11. The normalized spacial score (nSPS) is 7.25. The van der Waals surface area contributed by atoms with Gasteiger partial charge in [0.25, 0.3) is 0 Å². The Morgan fingerprint density at radius 2 is 2.25 bits per heavy atom. The average Bonchev–Trinajstić information content (AvgIpc) is 1.37. The van der Waals surface area contributed by atoms with Gasteiger partial charge in [0.05, 0.1) is 0 Å². The first kappa shape index (κ1) is 4.71. The summed E-state index contributed by atoms with van der Waals surface area (Å²) in [7, 11) is 0. The first-order valence-electron chi connectivity index (χ1n) is 0.565. The summed E-state index contributed by atoms with van der Waals surface area (Å²) in [6.45, 7) is 0. The summed E-state index contributed by atoms with van der Waals surface area (Å²) < 4.78 is 0. The monoisotopic (exact) mass is 141 g/mol. The van der Waals surface area contributed by atoms with E-state index in [4.69, 9.17) is 4.79 Å². The van der Waals surface area contributed by atoms with Crippen LogP contribution in [-0.4, -0.2) is 5.18 Å². The van der Waals surface area contributed by atoms with Gasteiger partial charge in [0.15, 0.2) is 0 Å². The second-order valence-corrected chi connectivity index (χ2v) is 1.57. The molecule has 0 aromatic rings. The molecule has 0 bridgehead atoms. The van der Waals surface area contributed by atoms with Crippen LogP contribution in [0.4, 0.5) is 0 Å². The van der Waals surface area contributed by atoms with E-state index >= 15 is 0 Å². The fourth-order valence-electron chi connectivity index (χ4n) is 0. The molecule has 0 aliphatic rings. The van der Waals surface area contributed by atoms with Gasteiger partial charge >= 0.3 is 37.3 Å². The second-order valence-electron chi connectivity index (χ2n) is 0.156. The first-order chi connectivity index (χ1) is 1.91. The Bertz CT molecular complexity index is 20.0. The quantitative estimate of drug-likeness (QED) is 0.362. The van der Waals surface area contributed by atoms with E-state index in [1.54, 1.807) is 0 Å². The molecule has 0 heterocycles. The Kier molecular flexibility index (Phi) is 4.37. The average molecular weight is 141 g/mol. The van der Waals surface area contributed by atoms with Gasteiger partial charge < -0.3 is 0 Å². The van der Waals surface area contributed by atoms with Crippen LogP contribution in [0.25, 0.3) is 0 Å². The van der Waals surface area contributed by atoms with Crippen molar-refractivity contribution in [2.45, 2.75) is 0 Å². The van der Waals surface area contributed by atoms with Crippen LogP contribution in [0, 0.1) is 0 Å². The van der Waals surface area contributed by atoms with E-state index in [0.29, 0.717) is 13.1 Å². The molecule has 4 heavy (non-hydrogen) atoms. The van der Waals surface area contributed by atoms with Crippen molar-refractivity contribution in [2.75, 3.05) is 0 Å². The molecule has 0 radical (unpaired) electrons. The molecule has 0 aromatic heterocycles. The zero-order chi connectivity index (χ0) is 3.41. The van der Waals surface area contributed by atoms with Gasteiger partial charge in [-0.25, -0.2) is 0 Å². The Balaban J connectivity index is 2.30. The van der Waals surface area contributed by atoms with E-state index in [0.717, 1.165) is 5.18 Å². The van der Waals surface area contributed by atoms with Crippen LogP contribution in [0.1, 0.15) is 0 Å². The molecule has 1 nitrogen and oxygen atoms in total. The second kappa shape index (κ2) is 3.71. The summed E-state index contributed by atoms with van der Waals surface area (Å²) in [5.41, 5.74) is 0. The standard InChI is InChI=1S/CHO.2Fe/c1-2;;/h1H;;. The SMILES string of the molecule is O=[CH][Fe][Fe]. The van der Waals surface area contributed by atoms with E-state index in [9.17, 15) is 0 Å². The number of carbonyl (C=O) groups is 1. The zero-order valence-electron chi connectivity index (χ0n) is 1.69. The summed E-state index contributed by atoms with van der Waals surface area (Å²) in [5, 5.41) is 0.764. The van der Waals surface area contributed by atoms with Crippen LogP contribution in [-0.2, 0) is 32.1 Å². The third kappa shape index (κ3) is 2.71. The first-order valence-corrected chi connectivity index (χ1v) is 3.20. The summed E-state index contributed by atoms with van der Waals surface area (Å²) >= 11 is 3.62. The van der Waals surface area contributed by atoms with Gasteiger partial charge in [-0.1, -0.05) is 0 Å². The fraction of sp³-hybridized carbons (Fsp3) is 0. The van der Waals surface area contributed by atoms with Crippen LogP contribution < -0.4 is 0 Å². The molecule has 0 aliphatic heterocycles. The molecule has 0 atom stereocenters. The molecule has 0 saturated carbocycles. The molecule has 0 saturated heterocycles. The minimum atomic E-state index is 0.389. The molecule has 0 aliphatic carbocycles. The molecule has 0 spiro atoms. The topological polar surface area (TPSA) is 17.1 Å². The van der Waals surface area contributed by atoms with Crippen molar-refractivity contribution in [3.05, 3.63) is 0 Å². The maximum atomic E-state index is 9.11. The van der Waals surface area contributed by atoms with Crippen LogP contribution in [0.3, 0.4) is 0 Å². The molecule has 0 rings (SSSR count). The molecule has 0 unspecified atom stereocenters. The Hall–Kier alpha value is 0.709. The van der Waals surface area contributed by atoms with Crippen molar-refractivity contribution in [1.82, 2.24) is 0 Å². The zero-order valence-corrected chi connectivity index (χ0v) is 3.90. The summed E-state index contributed by atoms with van der Waals surface area (Å²) in [6, 6.07) is 0. The van der Waals surface area contributed by atoms with Crippen molar-refractivity contribution >= 4 is 5.18 Å². The predicted octanol–water partition coefficient (Wildman–Crippen LogP) is -0.279. The van der Waals surface area contributed by atoms with Crippen LogP contribution >= 0.6 is 0 Å². The molecular weight excluding hydrogens is 140 g/mol. The van der Waals surface area contributed by atoms with Crippen molar-refractivity contribution in [1.29, 1.82) is 0 Å². The Morgan fingerprint density at radius 1 is 2.00 bits per heavy atom. The predicted molar refractivity (Wildman–Crippen MR) is 6.75 cm³/mol. The molecule has 0 fully saturated rings. The van der Waals surface area contributed by atoms with E-state index in [2.05, 4.69) is 14.2 Å². The van der Waals surface area contributed by atoms with Gasteiger partial charge in [0.2, 0.25) is 0 Å². The van der Waals surface area contributed by atoms with E-state index in [1.165, 1.54) is 0 Å². The molecule has 3 heteroatoms. The third-order valence-electron chi connectivity index (χ3n) is 0.0295. The maximum absolute atomic E-state index is 9.11. The number of rotatable bonds is 1. The van der Waals surface area contributed by atoms with Gasteiger partial charge in [-0.3, -0.25) is 0 Å². The minimum absolute atomic E-state index is 0.389. The third-order valence-corrected chi connectivity index (χ3v) is 0.501. The van der Waals surface area contributed by atoms with Crippen molar-refractivity contribution in [3.63, 3.8) is 0 Å². The van der Waals surface area contributed by atoms with Gasteiger partial charge in [-0.05, 0) is 0 Å². The summed E-state index contributed by atoms with van der Waals surface area (Å²) in [5.74, 6) is 0. The van der Waals surface area contributed by atoms with Gasteiger partial charge in [0.1, 0.15) is 0 Å². The van der Waals surface area contributed by atoms with Gasteiger partial charge in [-0.15, -0.1) is 0 Å². The van der Waals surface area contributed by atoms with Gasteiger partial charge in [-0.2, -0.15) is 0 Å². The van der Waals surface area contributed by atoms with Crippen molar-refractivity contribution in [3.8, 4) is 0 Å². The fourth-order valence-corrected chi connectivity index (χ4v) is 0. The van der Waals surface area contributed by atoms with Crippen LogP contribution in [0.15, 0.2) is 0 Å². The Morgan fingerprint density at radius 3 is 2.25 bits per heavy atom. The van der Waals surface area contributed by atoms with E-state index in [-0.39, 0.29) is 0 Å². The molecular formula is CHFe2O. The summed E-state index contributed by atoms with van der Waals surface area (Å²) in [6.07, 6.45) is 0. The number of carbonyl (C=O) groups excluding carboxylic acids is 1. The molecule has 0 N–H and O–H groups in total. The van der Waals surface area contributed by atoms with Crippen LogP contribution in [0.5, 0.6) is 0 Å². The molecule has 0 amide bonds. The van der Waals surface area contributed by atoms with Crippen molar-refractivity contribution < 1.29 is 32.1 Å². The molecule has 27 valence electrons. The molecule has 0 aromatic carbocycles. The van der Waals surface area contributed by atoms with Gasteiger partial charge in [0, 0.05) is 0 Å². The van der Waals surface area contributed by atoms with Crippen LogP contribution in [0.2, 0.25) is 0 Å². The van der Waals surface area contributed by atoms with Crippen molar-refractivity contribution in [2.24, 2.45) is 0 Å². The van der Waals surface area contributed by atoms with E-state index in [1.807, 2.05) is 0 Å². The number of hydrogen-bond acceptors (Lipinski definition) is 1. The van der Waals surface area contributed by atoms with E-state index < -0.39 is 0 Å². The number of hydrogen-bond donors (Lipinski definition) is 0.